The molecule has 0 spiro atoms. The van der Waals surface area contributed by atoms with E-state index in [4.69, 9.17) is 5.21 Å². The Morgan fingerprint density at radius 1 is 1.25 bits per heavy atom. The molecule has 1 amide bonds. The van der Waals surface area contributed by atoms with E-state index in [9.17, 15) is 4.79 Å². The molecule has 0 unspecified atom stereocenters. The quantitative estimate of drug-likeness (QED) is 0.436. The Hall–Kier alpha value is -1.00. The lowest BCUT2D eigenvalue weighted by Crippen LogP contribution is -2.18. The van der Waals surface area contributed by atoms with E-state index in [-0.39, 0.29) is 5.91 Å². The summed E-state index contributed by atoms with van der Waals surface area (Å²) in [6.45, 7) is 0. The lowest BCUT2D eigenvalue weighted by Gasteiger charge is -2.01. The second kappa shape index (κ2) is 8.19. The van der Waals surface area contributed by atoms with Crippen LogP contribution in [0.25, 0.3) is 0 Å². The van der Waals surface area contributed by atoms with Crippen molar-refractivity contribution in [3.05, 3.63) is 35.9 Å². The summed E-state index contributed by atoms with van der Waals surface area (Å²) in [6, 6.07) is 10.4. The number of hydrogen-bond acceptors (Lipinski definition) is 3. The van der Waals surface area contributed by atoms with Gasteiger partial charge in [0, 0.05) is 6.42 Å². The summed E-state index contributed by atoms with van der Waals surface area (Å²) in [7, 11) is 0. The van der Waals surface area contributed by atoms with Gasteiger partial charge in [-0.1, -0.05) is 30.3 Å². The third-order valence-electron chi connectivity index (χ3n) is 2.20. The van der Waals surface area contributed by atoms with Crippen LogP contribution in [0.5, 0.6) is 0 Å². The summed E-state index contributed by atoms with van der Waals surface area (Å²) in [6.07, 6.45) is 2.28. The largest absolute Gasteiger partial charge is 0.289 e. The molecule has 0 saturated carbocycles. The molecule has 0 fully saturated rings. The predicted octanol–water partition coefficient (Wildman–Crippen LogP) is 2.25. The lowest BCUT2D eigenvalue weighted by molar-refractivity contribution is -0.129. The number of amides is 1. The van der Waals surface area contributed by atoms with Crippen LogP contribution in [0.1, 0.15) is 18.4 Å². The SMILES string of the molecule is O=C(CCCSCCc1ccccc1)NO. The van der Waals surface area contributed by atoms with E-state index < -0.39 is 0 Å². The molecule has 0 bridgehead atoms. The highest BCUT2D eigenvalue weighted by molar-refractivity contribution is 7.99. The molecule has 0 aliphatic carbocycles. The first-order valence-corrected chi connectivity index (χ1v) is 6.53. The molecule has 0 aromatic heterocycles. The van der Waals surface area contributed by atoms with E-state index in [0.29, 0.717) is 6.42 Å². The van der Waals surface area contributed by atoms with Gasteiger partial charge in [0.1, 0.15) is 0 Å². The Bertz CT molecular complexity index is 303. The van der Waals surface area contributed by atoms with Gasteiger partial charge in [-0.3, -0.25) is 10.0 Å². The highest BCUT2D eigenvalue weighted by Crippen LogP contribution is 2.08. The number of hydrogen-bond donors (Lipinski definition) is 2. The molecule has 0 atom stereocenters. The molecule has 0 saturated heterocycles. The maximum atomic E-state index is 10.7. The third kappa shape index (κ3) is 5.78. The van der Waals surface area contributed by atoms with Gasteiger partial charge in [-0.25, -0.2) is 5.48 Å². The predicted molar refractivity (Wildman–Crippen MR) is 66.6 cm³/mol. The summed E-state index contributed by atoms with van der Waals surface area (Å²) in [5.41, 5.74) is 2.98. The molecule has 2 N–H and O–H groups in total. The number of hydroxylamine groups is 1. The van der Waals surface area contributed by atoms with E-state index in [1.807, 2.05) is 30.0 Å². The number of rotatable bonds is 7. The fraction of sp³-hybridized carbons (Fsp3) is 0.417. The van der Waals surface area contributed by atoms with Crippen LogP contribution in [-0.2, 0) is 11.2 Å². The molecular formula is C12H17NO2S. The smallest absolute Gasteiger partial charge is 0.243 e. The van der Waals surface area contributed by atoms with Gasteiger partial charge in [-0.2, -0.15) is 11.8 Å². The Labute approximate surface area is 100 Å². The van der Waals surface area contributed by atoms with Crippen molar-refractivity contribution < 1.29 is 10.0 Å². The zero-order chi connectivity index (χ0) is 11.6. The fourth-order valence-electron chi connectivity index (χ4n) is 1.33. The number of thioether (sulfide) groups is 1. The molecule has 4 heteroatoms. The minimum absolute atomic E-state index is 0.302. The summed E-state index contributed by atoms with van der Waals surface area (Å²) in [5, 5.41) is 8.28. The van der Waals surface area contributed by atoms with Gasteiger partial charge < -0.3 is 0 Å². The van der Waals surface area contributed by atoms with Crippen LogP contribution in [-0.4, -0.2) is 22.6 Å². The Kier molecular flexibility index (Phi) is 6.69. The van der Waals surface area contributed by atoms with Crippen molar-refractivity contribution in [2.75, 3.05) is 11.5 Å². The summed E-state index contributed by atoms with van der Waals surface area (Å²) >= 11 is 1.84. The number of aryl methyl sites for hydroxylation is 1. The molecule has 88 valence electrons. The number of carbonyl (C=O) groups excluding carboxylic acids is 1. The maximum Gasteiger partial charge on any atom is 0.243 e. The van der Waals surface area contributed by atoms with Gasteiger partial charge >= 0.3 is 0 Å². The van der Waals surface area contributed by atoms with Crippen LogP contribution in [0, 0.1) is 0 Å². The minimum atomic E-state index is -0.302. The van der Waals surface area contributed by atoms with Crippen LogP contribution in [0.4, 0.5) is 0 Å². The van der Waals surface area contributed by atoms with E-state index in [1.54, 1.807) is 5.48 Å². The normalized spacial score (nSPS) is 10.1. The van der Waals surface area contributed by atoms with E-state index >= 15 is 0 Å². The Balaban J connectivity index is 1.98. The second-order valence-electron chi connectivity index (χ2n) is 3.49. The van der Waals surface area contributed by atoms with E-state index in [2.05, 4.69) is 12.1 Å². The zero-order valence-electron chi connectivity index (χ0n) is 9.19. The van der Waals surface area contributed by atoms with E-state index in [0.717, 1.165) is 24.3 Å². The molecule has 0 radical (unpaired) electrons. The molecule has 0 heterocycles. The Morgan fingerprint density at radius 3 is 2.69 bits per heavy atom. The van der Waals surface area contributed by atoms with Gasteiger partial charge in [-0.15, -0.1) is 0 Å². The van der Waals surface area contributed by atoms with Gasteiger partial charge in [0.15, 0.2) is 0 Å². The van der Waals surface area contributed by atoms with Crippen LogP contribution < -0.4 is 5.48 Å². The molecule has 1 aromatic rings. The van der Waals surface area contributed by atoms with Crippen LogP contribution in [0.2, 0.25) is 0 Å². The first kappa shape index (κ1) is 13.1. The van der Waals surface area contributed by atoms with Crippen molar-refractivity contribution in [2.45, 2.75) is 19.3 Å². The van der Waals surface area contributed by atoms with Crippen LogP contribution >= 0.6 is 11.8 Å². The van der Waals surface area contributed by atoms with Gasteiger partial charge in [0.05, 0.1) is 0 Å². The molecule has 0 aliphatic rings. The minimum Gasteiger partial charge on any atom is -0.289 e. The van der Waals surface area contributed by atoms with Crippen LogP contribution in [0.3, 0.4) is 0 Å². The second-order valence-corrected chi connectivity index (χ2v) is 4.71. The van der Waals surface area contributed by atoms with Crippen molar-refractivity contribution >= 4 is 17.7 Å². The third-order valence-corrected chi connectivity index (χ3v) is 3.27. The summed E-state index contributed by atoms with van der Waals surface area (Å²) in [4.78, 5) is 10.7. The van der Waals surface area contributed by atoms with Crippen molar-refractivity contribution in [3.63, 3.8) is 0 Å². The highest BCUT2D eigenvalue weighted by atomic mass is 32.2. The van der Waals surface area contributed by atoms with Crippen molar-refractivity contribution in [1.29, 1.82) is 0 Å². The molecule has 1 rings (SSSR count). The number of carbonyl (C=O) groups is 1. The standard InChI is InChI=1S/C12H17NO2S/c14-12(13-15)7-4-9-16-10-8-11-5-2-1-3-6-11/h1-3,5-6,15H,4,7-10H2,(H,13,14). The summed E-state index contributed by atoms with van der Waals surface area (Å²) in [5.74, 6) is 1.73. The van der Waals surface area contributed by atoms with Crippen LogP contribution in [0.15, 0.2) is 30.3 Å². The first-order valence-electron chi connectivity index (χ1n) is 5.37. The van der Waals surface area contributed by atoms with Crippen molar-refractivity contribution in [2.24, 2.45) is 0 Å². The lowest BCUT2D eigenvalue weighted by atomic mass is 10.2. The van der Waals surface area contributed by atoms with Crippen molar-refractivity contribution in [1.82, 2.24) is 5.48 Å². The van der Waals surface area contributed by atoms with Crippen molar-refractivity contribution in [3.8, 4) is 0 Å². The fourth-order valence-corrected chi connectivity index (χ4v) is 2.26. The summed E-state index contributed by atoms with van der Waals surface area (Å²) < 4.78 is 0. The molecular weight excluding hydrogens is 222 g/mol. The maximum absolute atomic E-state index is 10.7. The van der Waals surface area contributed by atoms with Gasteiger partial charge in [-0.05, 0) is 29.9 Å². The average molecular weight is 239 g/mol. The molecule has 1 aromatic carbocycles. The first-order chi connectivity index (χ1) is 7.83. The van der Waals surface area contributed by atoms with E-state index in [1.165, 1.54) is 5.56 Å². The topological polar surface area (TPSA) is 49.3 Å². The van der Waals surface area contributed by atoms with Gasteiger partial charge in [0.25, 0.3) is 0 Å². The highest BCUT2D eigenvalue weighted by Gasteiger charge is 1.98. The molecule has 0 aliphatic heterocycles. The monoisotopic (exact) mass is 239 g/mol. The number of benzene rings is 1. The van der Waals surface area contributed by atoms with Gasteiger partial charge in [0.2, 0.25) is 5.91 Å². The zero-order valence-corrected chi connectivity index (χ0v) is 10.0. The number of nitrogens with one attached hydrogen (secondary N) is 1. The molecule has 3 nitrogen and oxygen atoms in total. The average Bonchev–Trinajstić information content (AvgIpc) is 2.34. The molecule has 16 heavy (non-hydrogen) atoms. The Morgan fingerprint density at radius 2 is 2.00 bits per heavy atom.